The molecule has 0 aromatic heterocycles. The van der Waals surface area contributed by atoms with Gasteiger partial charge in [0.25, 0.3) is 5.91 Å². The zero-order valence-electron chi connectivity index (χ0n) is 24.2. The standard InChI is InChI=1S/C33H40BrN3O5/c1-23(8-6-11-31(40)36-19-7-9-27(36)22-38)33(42)28-20-25(34)14-17-29(28)37(32(33)41)21-24-12-15-26(16-13-24)35-18-5-3-2-4-10-30(35)39/h6,8,12-17,20,23,27,38,42H,2-5,7,9-11,18-19,21-22H2,1H3/b8-6+/t23-,27+,33+/m1/s1. The minimum Gasteiger partial charge on any atom is -0.394 e. The molecule has 2 aromatic carbocycles. The Labute approximate surface area is 256 Å². The summed E-state index contributed by atoms with van der Waals surface area (Å²) in [6.45, 7) is 3.38. The first-order chi connectivity index (χ1) is 20.2. The fraction of sp³-hybridized carbons (Fsp3) is 0.485. The number of nitrogens with zero attached hydrogens (tertiary/aromatic N) is 3. The van der Waals surface area contributed by atoms with Crippen molar-refractivity contribution >= 4 is 45.0 Å². The number of anilines is 2. The van der Waals surface area contributed by atoms with Crippen LogP contribution in [0, 0.1) is 5.92 Å². The maximum Gasteiger partial charge on any atom is 0.264 e. The molecule has 224 valence electrons. The van der Waals surface area contributed by atoms with E-state index in [1.54, 1.807) is 34.9 Å². The van der Waals surface area contributed by atoms with E-state index in [-0.39, 0.29) is 37.4 Å². The van der Waals surface area contributed by atoms with Crippen molar-refractivity contribution in [1.82, 2.24) is 4.90 Å². The van der Waals surface area contributed by atoms with Crippen molar-refractivity contribution in [3.63, 3.8) is 0 Å². The summed E-state index contributed by atoms with van der Waals surface area (Å²) < 4.78 is 0.757. The number of amides is 3. The molecule has 0 saturated carbocycles. The van der Waals surface area contributed by atoms with Crippen molar-refractivity contribution in [2.45, 2.75) is 76.5 Å². The van der Waals surface area contributed by atoms with Gasteiger partial charge in [-0.1, -0.05) is 60.0 Å². The van der Waals surface area contributed by atoms with Gasteiger partial charge in [-0.25, -0.2) is 0 Å². The van der Waals surface area contributed by atoms with Crippen LogP contribution in [0.2, 0.25) is 0 Å². The van der Waals surface area contributed by atoms with Gasteiger partial charge in [0.15, 0.2) is 5.60 Å². The zero-order chi connectivity index (χ0) is 29.9. The Balaban J connectivity index is 1.32. The lowest BCUT2D eigenvalue weighted by Crippen LogP contribution is -2.44. The van der Waals surface area contributed by atoms with Crippen LogP contribution in [0.25, 0.3) is 0 Å². The van der Waals surface area contributed by atoms with Gasteiger partial charge in [0.2, 0.25) is 11.8 Å². The molecule has 2 N–H and O–H groups in total. The smallest absolute Gasteiger partial charge is 0.264 e. The minimum atomic E-state index is -1.79. The number of rotatable bonds is 8. The summed E-state index contributed by atoms with van der Waals surface area (Å²) in [5.41, 5.74) is 1.13. The molecule has 3 heterocycles. The first-order valence-electron chi connectivity index (χ1n) is 15.0. The molecule has 0 aliphatic carbocycles. The molecule has 0 bridgehead atoms. The van der Waals surface area contributed by atoms with Gasteiger partial charge in [0.1, 0.15) is 0 Å². The SMILES string of the molecule is C[C@H](/C=C/CC(=O)N1CCC[C@H]1CO)[C@@]1(O)C(=O)N(Cc2ccc(N3CCCCCCC3=O)cc2)c2ccc(Br)cc21. The number of likely N-dealkylation sites (tertiary alicyclic amines) is 1. The number of benzene rings is 2. The van der Waals surface area contributed by atoms with E-state index in [1.807, 2.05) is 41.3 Å². The average molecular weight is 639 g/mol. The highest BCUT2D eigenvalue weighted by Crippen LogP contribution is 2.46. The van der Waals surface area contributed by atoms with Gasteiger partial charge in [-0.15, -0.1) is 0 Å². The quantitative estimate of drug-likeness (QED) is 0.395. The molecule has 3 aliphatic rings. The van der Waals surface area contributed by atoms with E-state index in [0.29, 0.717) is 24.2 Å². The fourth-order valence-corrected chi connectivity index (χ4v) is 6.82. The van der Waals surface area contributed by atoms with Crippen LogP contribution in [0.15, 0.2) is 59.1 Å². The Hall–Kier alpha value is -3.01. The first kappa shape index (κ1) is 30.4. The van der Waals surface area contributed by atoms with Crippen molar-refractivity contribution in [3.8, 4) is 0 Å². The summed E-state index contributed by atoms with van der Waals surface area (Å²) in [7, 11) is 0. The number of fused-ring (bicyclic) bond motifs is 1. The highest BCUT2D eigenvalue weighted by Gasteiger charge is 2.52. The molecule has 2 saturated heterocycles. The van der Waals surface area contributed by atoms with Crippen molar-refractivity contribution in [2.24, 2.45) is 5.92 Å². The molecule has 5 rings (SSSR count). The van der Waals surface area contributed by atoms with Crippen LogP contribution in [0.4, 0.5) is 11.4 Å². The Bertz CT molecular complexity index is 1350. The number of aliphatic hydroxyl groups is 2. The summed E-state index contributed by atoms with van der Waals surface area (Å²) in [5, 5.41) is 21.5. The molecule has 3 amide bonds. The summed E-state index contributed by atoms with van der Waals surface area (Å²) >= 11 is 3.49. The molecule has 0 radical (unpaired) electrons. The second-order valence-corrected chi connectivity index (χ2v) is 12.6. The highest BCUT2D eigenvalue weighted by atomic mass is 79.9. The normalized spacial score (nSPS) is 23.8. The lowest BCUT2D eigenvalue weighted by molar-refractivity contribution is -0.139. The van der Waals surface area contributed by atoms with Crippen molar-refractivity contribution in [3.05, 3.63) is 70.2 Å². The minimum absolute atomic E-state index is 0.0410. The van der Waals surface area contributed by atoms with Gasteiger partial charge in [-0.2, -0.15) is 0 Å². The Morgan fingerprint density at radius 3 is 2.60 bits per heavy atom. The van der Waals surface area contributed by atoms with Gasteiger partial charge < -0.3 is 24.9 Å². The number of aliphatic hydroxyl groups excluding tert-OH is 1. The molecule has 3 aliphatic heterocycles. The number of hydrogen-bond acceptors (Lipinski definition) is 5. The van der Waals surface area contributed by atoms with Gasteiger partial charge in [0, 0.05) is 47.6 Å². The van der Waals surface area contributed by atoms with E-state index in [9.17, 15) is 24.6 Å². The molecule has 9 heteroatoms. The Kier molecular flexibility index (Phi) is 9.50. The van der Waals surface area contributed by atoms with Gasteiger partial charge >= 0.3 is 0 Å². The van der Waals surface area contributed by atoms with Crippen LogP contribution in [-0.2, 0) is 26.5 Å². The van der Waals surface area contributed by atoms with Gasteiger partial charge in [0.05, 0.1) is 24.9 Å². The van der Waals surface area contributed by atoms with Crippen molar-refractivity contribution in [2.75, 3.05) is 29.5 Å². The third-order valence-electron chi connectivity index (χ3n) is 8.93. The van der Waals surface area contributed by atoms with E-state index in [2.05, 4.69) is 15.9 Å². The van der Waals surface area contributed by atoms with E-state index in [4.69, 9.17) is 0 Å². The number of carbonyl (C=O) groups excluding carboxylic acids is 3. The lowest BCUT2D eigenvalue weighted by atomic mass is 9.83. The maximum atomic E-state index is 13.9. The molecule has 3 atom stereocenters. The third-order valence-corrected chi connectivity index (χ3v) is 9.42. The van der Waals surface area contributed by atoms with Crippen LogP contribution in [0.5, 0.6) is 0 Å². The van der Waals surface area contributed by atoms with Crippen molar-refractivity contribution < 1.29 is 24.6 Å². The topological polar surface area (TPSA) is 101 Å². The van der Waals surface area contributed by atoms with E-state index in [0.717, 1.165) is 60.8 Å². The van der Waals surface area contributed by atoms with E-state index >= 15 is 0 Å². The summed E-state index contributed by atoms with van der Waals surface area (Å²) in [6, 6.07) is 13.1. The van der Waals surface area contributed by atoms with Crippen LogP contribution >= 0.6 is 15.9 Å². The Morgan fingerprint density at radius 1 is 1.07 bits per heavy atom. The molecule has 0 unspecified atom stereocenters. The zero-order valence-corrected chi connectivity index (χ0v) is 25.8. The number of carbonyl (C=O) groups is 3. The fourth-order valence-electron chi connectivity index (χ4n) is 6.46. The monoisotopic (exact) mass is 637 g/mol. The van der Waals surface area contributed by atoms with Crippen LogP contribution in [0.3, 0.4) is 0 Å². The second-order valence-electron chi connectivity index (χ2n) is 11.7. The number of hydrogen-bond donors (Lipinski definition) is 2. The molecular formula is C33H40BrN3O5. The first-order valence-corrected chi connectivity index (χ1v) is 15.8. The summed E-state index contributed by atoms with van der Waals surface area (Å²) in [6.07, 6.45) is 10.00. The number of halogens is 1. The molecule has 2 aromatic rings. The second kappa shape index (κ2) is 13.1. The Morgan fingerprint density at radius 2 is 1.83 bits per heavy atom. The van der Waals surface area contributed by atoms with E-state index < -0.39 is 17.4 Å². The largest absolute Gasteiger partial charge is 0.394 e. The summed E-state index contributed by atoms with van der Waals surface area (Å²) in [5.74, 6) is -0.921. The summed E-state index contributed by atoms with van der Waals surface area (Å²) in [4.78, 5) is 44.5. The third kappa shape index (κ3) is 6.05. The van der Waals surface area contributed by atoms with Crippen LogP contribution in [-0.4, -0.2) is 58.6 Å². The van der Waals surface area contributed by atoms with Gasteiger partial charge in [-0.3, -0.25) is 14.4 Å². The molecule has 2 fully saturated rings. The molecule has 0 spiro atoms. The maximum absolute atomic E-state index is 13.9. The molecule has 8 nitrogen and oxygen atoms in total. The van der Waals surface area contributed by atoms with Crippen LogP contribution in [0.1, 0.15) is 69.4 Å². The molecular weight excluding hydrogens is 598 g/mol. The van der Waals surface area contributed by atoms with Crippen LogP contribution < -0.4 is 9.80 Å². The lowest BCUT2D eigenvalue weighted by Gasteiger charge is -2.28. The highest BCUT2D eigenvalue weighted by molar-refractivity contribution is 9.10. The average Bonchev–Trinajstić information content (AvgIpc) is 3.54. The van der Waals surface area contributed by atoms with E-state index in [1.165, 1.54) is 0 Å². The predicted molar refractivity (Wildman–Crippen MR) is 166 cm³/mol. The van der Waals surface area contributed by atoms with Crippen molar-refractivity contribution in [1.29, 1.82) is 0 Å². The predicted octanol–water partition coefficient (Wildman–Crippen LogP) is 5.05. The van der Waals surface area contributed by atoms with Gasteiger partial charge in [-0.05, 0) is 61.6 Å². The molecule has 42 heavy (non-hydrogen) atoms.